The number of carbonyl (C=O) groups is 1. The van der Waals surface area contributed by atoms with Crippen LogP contribution in [-0.4, -0.2) is 16.5 Å². The Morgan fingerprint density at radius 1 is 1.69 bits per heavy atom. The number of aliphatic hydroxyl groups is 1. The van der Waals surface area contributed by atoms with Gasteiger partial charge in [0.15, 0.2) is 5.78 Å². The molecule has 0 bridgehead atoms. The normalized spacial score (nSPS) is 27.2. The van der Waals surface area contributed by atoms with Crippen LogP contribution in [0.3, 0.4) is 0 Å². The molecule has 0 amide bonds. The zero-order chi connectivity index (χ0) is 9.90. The summed E-state index contributed by atoms with van der Waals surface area (Å²) in [6.07, 6.45) is 7.53. The number of carbonyl (C=O) groups excluding carboxylic acids is 1. The molecule has 0 aromatic rings. The van der Waals surface area contributed by atoms with Crippen molar-refractivity contribution >= 4 is 5.78 Å². The minimum Gasteiger partial charge on any atom is -0.381 e. The number of hydrogen-bond donors (Lipinski definition) is 1. The number of rotatable bonds is 3. The lowest BCUT2D eigenvalue weighted by atomic mass is 9.85. The summed E-state index contributed by atoms with van der Waals surface area (Å²) in [6.45, 7) is 5.36. The highest BCUT2D eigenvalue weighted by atomic mass is 16.3. The predicted molar refractivity (Wildman–Crippen MR) is 52.3 cm³/mol. The molecule has 1 atom stereocenters. The molecule has 0 aromatic heterocycles. The van der Waals surface area contributed by atoms with Crippen molar-refractivity contribution in [3.8, 4) is 0 Å². The fraction of sp³-hybridized carbons (Fsp3) is 0.364. The van der Waals surface area contributed by atoms with Crippen LogP contribution in [0.15, 0.2) is 36.5 Å². The molecule has 13 heavy (non-hydrogen) atoms. The molecule has 70 valence electrons. The summed E-state index contributed by atoms with van der Waals surface area (Å²) in [5, 5.41) is 10.0. The summed E-state index contributed by atoms with van der Waals surface area (Å²) in [7, 11) is 0. The maximum absolute atomic E-state index is 10.9. The van der Waals surface area contributed by atoms with Crippen molar-refractivity contribution in [2.45, 2.75) is 25.4 Å². The predicted octanol–water partition coefficient (Wildman–Crippen LogP) is 1.77. The molecule has 0 saturated carbocycles. The van der Waals surface area contributed by atoms with Crippen LogP contribution in [0.1, 0.15) is 19.8 Å². The molecule has 1 rings (SSSR count). The molecule has 0 fully saturated rings. The van der Waals surface area contributed by atoms with Crippen molar-refractivity contribution < 1.29 is 9.90 Å². The lowest BCUT2D eigenvalue weighted by Crippen LogP contribution is -2.30. The fourth-order valence-electron chi connectivity index (χ4n) is 1.34. The van der Waals surface area contributed by atoms with Gasteiger partial charge >= 0.3 is 0 Å². The van der Waals surface area contributed by atoms with Crippen molar-refractivity contribution in [3.63, 3.8) is 0 Å². The first-order valence-electron chi connectivity index (χ1n) is 4.34. The summed E-state index contributed by atoms with van der Waals surface area (Å²) in [4.78, 5) is 10.9. The highest BCUT2D eigenvalue weighted by Crippen LogP contribution is 2.27. The second kappa shape index (κ2) is 3.71. The molecule has 0 spiro atoms. The van der Waals surface area contributed by atoms with E-state index in [2.05, 4.69) is 6.58 Å². The summed E-state index contributed by atoms with van der Waals surface area (Å²) >= 11 is 0. The van der Waals surface area contributed by atoms with E-state index in [1.165, 1.54) is 12.2 Å². The second-order valence-corrected chi connectivity index (χ2v) is 3.31. The van der Waals surface area contributed by atoms with Crippen LogP contribution >= 0.6 is 0 Å². The molecular weight excluding hydrogens is 164 g/mol. The van der Waals surface area contributed by atoms with Gasteiger partial charge in [0.1, 0.15) is 5.60 Å². The van der Waals surface area contributed by atoms with Gasteiger partial charge in [-0.05, 0) is 43.6 Å². The average molecular weight is 178 g/mol. The molecule has 1 aliphatic carbocycles. The largest absolute Gasteiger partial charge is 0.381 e. The Hall–Kier alpha value is -1.15. The van der Waals surface area contributed by atoms with Gasteiger partial charge in [-0.1, -0.05) is 6.08 Å². The summed E-state index contributed by atoms with van der Waals surface area (Å²) in [6, 6.07) is 0. The number of ketones is 1. The topological polar surface area (TPSA) is 37.3 Å². The quantitative estimate of drug-likeness (QED) is 0.669. The maximum Gasteiger partial charge on any atom is 0.178 e. The smallest absolute Gasteiger partial charge is 0.178 e. The number of allylic oxidation sites excluding steroid dienone is 3. The van der Waals surface area contributed by atoms with Crippen molar-refractivity contribution in [1.29, 1.82) is 0 Å². The maximum atomic E-state index is 10.9. The van der Waals surface area contributed by atoms with Gasteiger partial charge in [0, 0.05) is 0 Å². The molecule has 2 nitrogen and oxygen atoms in total. The van der Waals surface area contributed by atoms with E-state index in [4.69, 9.17) is 0 Å². The Kier molecular flexibility index (Phi) is 2.83. The van der Waals surface area contributed by atoms with E-state index in [-0.39, 0.29) is 5.78 Å². The van der Waals surface area contributed by atoms with Gasteiger partial charge in [-0.25, -0.2) is 0 Å². The molecule has 0 saturated heterocycles. The van der Waals surface area contributed by atoms with Crippen LogP contribution in [0.5, 0.6) is 0 Å². The Morgan fingerprint density at radius 3 is 2.92 bits per heavy atom. The summed E-state index contributed by atoms with van der Waals surface area (Å²) in [5.41, 5.74) is -0.232. The molecule has 0 aromatic carbocycles. The van der Waals surface area contributed by atoms with Crippen molar-refractivity contribution in [2.75, 3.05) is 0 Å². The molecule has 0 radical (unpaired) electrons. The van der Waals surface area contributed by atoms with Crippen molar-refractivity contribution in [2.24, 2.45) is 0 Å². The van der Waals surface area contributed by atoms with E-state index in [9.17, 15) is 9.90 Å². The molecular formula is C11H14O2. The Morgan fingerprint density at radius 2 is 2.38 bits per heavy atom. The standard InChI is InChI=1S/C11H14O2/c1-3-4-6-11(13)7-5-10(12)8-9(11)2/h3,5,7-8,13H,1,4,6H2,2H3. The fourth-order valence-corrected chi connectivity index (χ4v) is 1.34. The first kappa shape index (κ1) is 9.93. The average Bonchev–Trinajstić information content (AvgIpc) is 2.09. The lowest BCUT2D eigenvalue weighted by Gasteiger charge is -2.27. The van der Waals surface area contributed by atoms with Gasteiger partial charge in [0.05, 0.1) is 0 Å². The van der Waals surface area contributed by atoms with Crippen LogP contribution in [0.4, 0.5) is 0 Å². The third-order valence-corrected chi connectivity index (χ3v) is 2.29. The van der Waals surface area contributed by atoms with Crippen LogP contribution in [0.25, 0.3) is 0 Å². The highest BCUT2D eigenvalue weighted by molar-refractivity contribution is 6.01. The number of hydrogen-bond acceptors (Lipinski definition) is 2. The molecule has 1 N–H and O–H groups in total. The van der Waals surface area contributed by atoms with Crippen LogP contribution < -0.4 is 0 Å². The highest BCUT2D eigenvalue weighted by Gasteiger charge is 2.27. The Balaban J connectivity index is 2.79. The SMILES string of the molecule is C=CCCC1(O)C=CC(=O)C=C1C. The second-order valence-electron chi connectivity index (χ2n) is 3.31. The minimum atomic E-state index is -0.942. The van der Waals surface area contributed by atoms with Crippen LogP contribution in [0, 0.1) is 0 Å². The first-order valence-corrected chi connectivity index (χ1v) is 4.34. The van der Waals surface area contributed by atoms with Gasteiger partial charge < -0.3 is 5.11 Å². The molecule has 2 heteroatoms. The molecule has 1 aliphatic rings. The third-order valence-electron chi connectivity index (χ3n) is 2.29. The van der Waals surface area contributed by atoms with E-state index in [0.717, 1.165) is 6.42 Å². The Bertz CT molecular complexity index is 286. The van der Waals surface area contributed by atoms with Gasteiger partial charge in [-0.15, -0.1) is 6.58 Å². The first-order chi connectivity index (χ1) is 6.08. The van der Waals surface area contributed by atoms with Gasteiger partial charge in [0.2, 0.25) is 0 Å². The zero-order valence-corrected chi connectivity index (χ0v) is 7.79. The third kappa shape index (κ3) is 2.16. The van der Waals surface area contributed by atoms with Crippen molar-refractivity contribution in [3.05, 3.63) is 36.5 Å². The summed E-state index contributed by atoms with van der Waals surface area (Å²) in [5.74, 6) is -0.0548. The molecule has 1 unspecified atom stereocenters. The van der Waals surface area contributed by atoms with Crippen molar-refractivity contribution in [1.82, 2.24) is 0 Å². The van der Waals surface area contributed by atoms with E-state index in [1.807, 2.05) is 0 Å². The lowest BCUT2D eigenvalue weighted by molar-refractivity contribution is -0.110. The van der Waals surface area contributed by atoms with Gasteiger partial charge in [-0.3, -0.25) is 4.79 Å². The molecule has 0 aliphatic heterocycles. The van der Waals surface area contributed by atoms with Crippen LogP contribution in [-0.2, 0) is 4.79 Å². The molecule has 0 heterocycles. The van der Waals surface area contributed by atoms with E-state index < -0.39 is 5.60 Å². The summed E-state index contributed by atoms with van der Waals surface area (Å²) < 4.78 is 0. The van der Waals surface area contributed by atoms with E-state index in [0.29, 0.717) is 12.0 Å². The van der Waals surface area contributed by atoms with E-state index >= 15 is 0 Å². The minimum absolute atomic E-state index is 0.0548. The van der Waals surface area contributed by atoms with Gasteiger partial charge in [-0.2, -0.15) is 0 Å². The zero-order valence-electron chi connectivity index (χ0n) is 7.79. The van der Waals surface area contributed by atoms with E-state index in [1.54, 1.807) is 19.1 Å². The monoisotopic (exact) mass is 178 g/mol. The van der Waals surface area contributed by atoms with Gasteiger partial charge in [0.25, 0.3) is 0 Å². The van der Waals surface area contributed by atoms with Crippen LogP contribution in [0.2, 0.25) is 0 Å². The Labute approximate surface area is 78.3 Å².